The van der Waals surface area contributed by atoms with Crippen LogP contribution in [0.3, 0.4) is 0 Å². The molecule has 1 aliphatic rings. The standard InChI is InChI=1S/C28H40N4O2Si/c1-18(2)35(19(3)4,20(5)6)31-15-13-23(17-31)26-27(32-14-9-10-21(32)7)30-25-16-22(28(33)34-8)11-12-24(25)29-26/h11-13,15-21H,9-10,14H2,1-8H3/t21-/m0/s1. The van der Waals surface area contributed by atoms with Crippen molar-refractivity contribution >= 4 is 31.1 Å². The quantitative estimate of drug-likeness (QED) is 0.265. The highest BCUT2D eigenvalue weighted by atomic mass is 28.3. The van der Waals surface area contributed by atoms with Gasteiger partial charge in [-0.05, 0) is 66.9 Å². The van der Waals surface area contributed by atoms with Crippen LogP contribution < -0.4 is 4.90 Å². The second-order valence-electron chi connectivity index (χ2n) is 10.9. The van der Waals surface area contributed by atoms with Gasteiger partial charge in [0.15, 0.2) is 14.1 Å². The van der Waals surface area contributed by atoms with Gasteiger partial charge in [0.2, 0.25) is 0 Å². The summed E-state index contributed by atoms with van der Waals surface area (Å²) in [6, 6.07) is 8.06. The number of anilines is 1. The molecule has 0 aliphatic carbocycles. The average Bonchev–Trinajstić information content (AvgIpc) is 3.46. The molecular formula is C28H40N4O2Si. The fraction of sp³-hybridized carbons (Fsp3) is 0.536. The van der Waals surface area contributed by atoms with Gasteiger partial charge in [-0.1, -0.05) is 41.5 Å². The fourth-order valence-electron chi connectivity index (χ4n) is 6.60. The van der Waals surface area contributed by atoms with E-state index in [1.165, 1.54) is 7.11 Å². The minimum absolute atomic E-state index is 0.358. The first-order valence-corrected chi connectivity index (χ1v) is 15.1. The number of fused-ring (bicyclic) bond motifs is 1. The molecule has 1 aromatic carbocycles. The summed E-state index contributed by atoms with van der Waals surface area (Å²) in [5, 5.41) is 0. The van der Waals surface area contributed by atoms with Crippen molar-refractivity contribution in [1.29, 1.82) is 0 Å². The molecule has 35 heavy (non-hydrogen) atoms. The van der Waals surface area contributed by atoms with Gasteiger partial charge < -0.3 is 13.9 Å². The van der Waals surface area contributed by atoms with E-state index in [1.54, 1.807) is 12.1 Å². The number of esters is 1. The molecule has 3 aromatic rings. The Bertz CT molecular complexity index is 1200. The van der Waals surface area contributed by atoms with Gasteiger partial charge in [-0.15, -0.1) is 0 Å². The van der Waals surface area contributed by atoms with Crippen molar-refractivity contribution in [3.63, 3.8) is 0 Å². The molecule has 0 bridgehead atoms. The molecule has 0 saturated carbocycles. The lowest BCUT2D eigenvalue weighted by Gasteiger charge is -2.44. The second kappa shape index (κ2) is 9.76. The van der Waals surface area contributed by atoms with Crippen LogP contribution in [0.5, 0.6) is 0 Å². The number of hydrogen-bond acceptors (Lipinski definition) is 5. The lowest BCUT2D eigenvalue weighted by atomic mass is 10.1. The van der Waals surface area contributed by atoms with Crippen LogP contribution in [0.15, 0.2) is 36.7 Å². The normalized spacial score (nSPS) is 16.8. The molecule has 188 valence electrons. The Morgan fingerprint density at radius 2 is 1.71 bits per heavy atom. The predicted octanol–water partition coefficient (Wildman–Crippen LogP) is 6.90. The topological polar surface area (TPSA) is 60.2 Å². The van der Waals surface area contributed by atoms with Crippen LogP contribution in [0, 0.1) is 0 Å². The highest BCUT2D eigenvalue weighted by molar-refractivity contribution is 6.82. The maximum atomic E-state index is 12.1. The molecule has 1 aliphatic heterocycles. The van der Waals surface area contributed by atoms with E-state index in [4.69, 9.17) is 14.7 Å². The fourth-order valence-corrected chi connectivity index (χ4v) is 13.1. The van der Waals surface area contributed by atoms with Crippen molar-refractivity contribution < 1.29 is 9.53 Å². The summed E-state index contributed by atoms with van der Waals surface area (Å²) in [6.07, 6.45) is 6.90. The van der Waals surface area contributed by atoms with Gasteiger partial charge >= 0.3 is 5.97 Å². The monoisotopic (exact) mass is 492 g/mol. The molecule has 1 fully saturated rings. The number of hydrogen-bond donors (Lipinski definition) is 0. The molecule has 0 N–H and O–H groups in total. The SMILES string of the molecule is COC(=O)c1ccc2nc(-c3ccn([Si](C(C)C)(C(C)C)C(C)C)c3)c(N3CCC[C@@H]3C)nc2c1. The van der Waals surface area contributed by atoms with E-state index in [0.717, 1.165) is 47.5 Å². The summed E-state index contributed by atoms with van der Waals surface area (Å²) in [5.41, 5.74) is 5.88. The van der Waals surface area contributed by atoms with E-state index < -0.39 is 8.24 Å². The zero-order valence-corrected chi connectivity index (χ0v) is 23.5. The Balaban J connectivity index is 1.90. The van der Waals surface area contributed by atoms with Gasteiger partial charge in [-0.2, -0.15) is 0 Å². The van der Waals surface area contributed by atoms with Crippen LogP contribution >= 0.6 is 0 Å². The second-order valence-corrected chi connectivity index (χ2v) is 16.7. The Hall–Kier alpha value is -2.67. The van der Waals surface area contributed by atoms with Crippen molar-refractivity contribution in [3.05, 3.63) is 42.2 Å². The Morgan fingerprint density at radius 3 is 2.29 bits per heavy atom. The average molecular weight is 493 g/mol. The van der Waals surface area contributed by atoms with Crippen molar-refractivity contribution in [2.75, 3.05) is 18.6 Å². The Kier molecular flexibility index (Phi) is 7.09. The van der Waals surface area contributed by atoms with E-state index in [-0.39, 0.29) is 5.97 Å². The van der Waals surface area contributed by atoms with Crippen molar-refractivity contribution in [3.8, 4) is 11.3 Å². The lowest BCUT2D eigenvalue weighted by molar-refractivity contribution is 0.0601. The molecular weight excluding hydrogens is 452 g/mol. The largest absolute Gasteiger partial charge is 0.465 e. The third kappa shape index (κ3) is 4.28. The molecule has 2 aromatic heterocycles. The number of rotatable bonds is 7. The van der Waals surface area contributed by atoms with Crippen molar-refractivity contribution in [2.24, 2.45) is 0 Å². The van der Waals surface area contributed by atoms with Gasteiger partial charge in [0.05, 0.1) is 23.7 Å². The lowest BCUT2D eigenvalue weighted by Crippen LogP contribution is -2.51. The van der Waals surface area contributed by atoms with Gasteiger partial charge in [0.25, 0.3) is 0 Å². The highest BCUT2D eigenvalue weighted by Gasteiger charge is 2.45. The predicted molar refractivity (Wildman–Crippen MR) is 147 cm³/mol. The number of ether oxygens (including phenoxy) is 1. The van der Waals surface area contributed by atoms with Crippen LogP contribution in [-0.4, -0.2) is 48.1 Å². The molecule has 1 atom stereocenters. The number of benzene rings is 1. The number of aromatic nitrogens is 3. The van der Waals surface area contributed by atoms with Gasteiger partial charge in [-0.3, -0.25) is 0 Å². The molecule has 6 nitrogen and oxygen atoms in total. The van der Waals surface area contributed by atoms with E-state index in [2.05, 4.69) is 76.1 Å². The summed E-state index contributed by atoms with van der Waals surface area (Å²) in [7, 11) is -0.452. The summed E-state index contributed by atoms with van der Waals surface area (Å²) in [5.74, 6) is 0.552. The minimum atomic E-state index is -1.85. The Morgan fingerprint density at radius 1 is 1.03 bits per heavy atom. The molecule has 1 saturated heterocycles. The van der Waals surface area contributed by atoms with Crippen LogP contribution in [0.2, 0.25) is 16.6 Å². The van der Waals surface area contributed by atoms with Crippen molar-refractivity contribution in [2.45, 2.75) is 84.0 Å². The summed E-state index contributed by atoms with van der Waals surface area (Å²) < 4.78 is 7.48. The van der Waals surface area contributed by atoms with Crippen LogP contribution in [0.1, 0.15) is 71.7 Å². The number of carbonyl (C=O) groups is 1. The molecule has 3 heterocycles. The van der Waals surface area contributed by atoms with Gasteiger partial charge in [-0.25, -0.2) is 14.8 Å². The van der Waals surface area contributed by atoms with Gasteiger partial charge in [0, 0.05) is 24.3 Å². The Labute approximate surface area is 210 Å². The first-order chi connectivity index (χ1) is 16.6. The molecule has 0 spiro atoms. The van der Waals surface area contributed by atoms with E-state index >= 15 is 0 Å². The third-order valence-electron chi connectivity index (χ3n) is 8.08. The van der Waals surface area contributed by atoms with Crippen LogP contribution in [0.25, 0.3) is 22.3 Å². The highest BCUT2D eigenvalue weighted by Crippen LogP contribution is 2.44. The summed E-state index contributed by atoms with van der Waals surface area (Å²) >= 11 is 0. The number of methoxy groups -OCH3 is 1. The van der Waals surface area contributed by atoms with Crippen LogP contribution in [0.4, 0.5) is 5.82 Å². The van der Waals surface area contributed by atoms with Gasteiger partial charge in [0.1, 0.15) is 5.69 Å². The molecule has 0 unspecified atom stereocenters. The first-order valence-electron chi connectivity index (χ1n) is 13.0. The molecule has 0 radical (unpaired) electrons. The zero-order valence-electron chi connectivity index (χ0n) is 22.5. The van der Waals surface area contributed by atoms with E-state index in [1.807, 2.05) is 6.07 Å². The number of carbonyl (C=O) groups excluding carboxylic acids is 1. The number of nitrogens with zero attached hydrogens (tertiary/aromatic N) is 4. The smallest absolute Gasteiger partial charge is 0.337 e. The van der Waals surface area contributed by atoms with Crippen molar-refractivity contribution in [1.82, 2.24) is 14.2 Å². The van der Waals surface area contributed by atoms with E-state index in [0.29, 0.717) is 28.2 Å². The molecule has 7 heteroatoms. The zero-order chi connectivity index (χ0) is 25.5. The third-order valence-corrected chi connectivity index (χ3v) is 14.8. The molecule has 0 amide bonds. The van der Waals surface area contributed by atoms with E-state index in [9.17, 15) is 4.79 Å². The first kappa shape index (κ1) is 25.4. The summed E-state index contributed by atoms with van der Waals surface area (Å²) in [4.78, 5) is 24.7. The summed E-state index contributed by atoms with van der Waals surface area (Å²) in [6.45, 7) is 17.5. The maximum Gasteiger partial charge on any atom is 0.337 e. The minimum Gasteiger partial charge on any atom is -0.465 e. The molecule has 4 rings (SSSR count). The maximum absolute atomic E-state index is 12.1. The van der Waals surface area contributed by atoms with Crippen LogP contribution in [-0.2, 0) is 4.74 Å².